The van der Waals surface area contributed by atoms with Crippen LogP contribution in [-0.4, -0.2) is 54.9 Å². The lowest BCUT2D eigenvalue weighted by atomic mass is 10.1. The molecular formula is C17H20FN3O4S. The van der Waals surface area contributed by atoms with Gasteiger partial charge in [-0.25, -0.2) is 12.8 Å². The Morgan fingerprint density at radius 1 is 1.19 bits per heavy atom. The summed E-state index contributed by atoms with van der Waals surface area (Å²) in [5, 5.41) is 3.83. The SMILES string of the molecule is Cc1noc(C)c1CC(=O)N1CCN(S(=O)(=O)c2ccccc2F)CC1. The van der Waals surface area contributed by atoms with Gasteiger partial charge in [-0.1, -0.05) is 17.3 Å². The third kappa shape index (κ3) is 3.49. The van der Waals surface area contributed by atoms with Crippen LogP contribution >= 0.6 is 0 Å². The van der Waals surface area contributed by atoms with Gasteiger partial charge in [0.1, 0.15) is 16.5 Å². The summed E-state index contributed by atoms with van der Waals surface area (Å²) in [4.78, 5) is 13.8. The number of rotatable bonds is 4. The monoisotopic (exact) mass is 381 g/mol. The topological polar surface area (TPSA) is 83.7 Å². The van der Waals surface area contributed by atoms with Gasteiger partial charge in [0, 0.05) is 31.7 Å². The summed E-state index contributed by atoms with van der Waals surface area (Å²) in [5.74, 6) is -0.275. The summed E-state index contributed by atoms with van der Waals surface area (Å²) in [6.07, 6.45) is 0.168. The maximum atomic E-state index is 13.8. The van der Waals surface area contributed by atoms with Crippen molar-refractivity contribution >= 4 is 15.9 Å². The highest BCUT2D eigenvalue weighted by atomic mass is 32.2. The van der Waals surface area contributed by atoms with Crippen LogP contribution in [0.4, 0.5) is 4.39 Å². The Labute approximate surface area is 151 Å². The highest BCUT2D eigenvalue weighted by Gasteiger charge is 2.32. The molecule has 1 aromatic heterocycles. The van der Waals surface area contributed by atoms with Crippen LogP contribution < -0.4 is 0 Å². The molecule has 0 atom stereocenters. The lowest BCUT2D eigenvalue weighted by molar-refractivity contribution is -0.131. The van der Waals surface area contributed by atoms with E-state index in [2.05, 4.69) is 5.16 Å². The number of aromatic nitrogens is 1. The number of carbonyl (C=O) groups excluding carboxylic acids is 1. The summed E-state index contributed by atoms with van der Waals surface area (Å²) in [7, 11) is -3.91. The number of sulfonamides is 1. The molecule has 7 nitrogen and oxygen atoms in total. The third-order valence-electron chi connectivity index (χ3n) is 4.56. The minimum absolute atomic E-state index is 0.109. The highest BCUT2D eigenvalue weighted by molar-refractivity contribution is 7.89. The molecule has 1 saturated heterocycles. The van der Waals surface area contributed by atoms with Crippen LogP contribution in [0.3, 0.4) is 0 Å². The molecule has 1 aliphatic heterocycles. The highest BCUT2D eigenvalue weighted by Crippen LogP contribution is 2.21. The van der Waals surface area contributed by atoms with Crippen LogP contribution in [-0.2, 0) is 21.2 Å². The first-order valence-corrected chi connectivity index (χ1v) is 9.69. The van der Waals surface area contributed by atoms with Crippen molar-refractivity contribution in [2.24, 2.45) is 0 Å². The van der Waals surface area contributed by atoms with E-state index in [0.29, 0.717) is 11.5 Å². The summed E-state index contributed by atoms with van der Waals surface area (Å²) in [5.41, 5.74) is 1.44. The predicted molar refractivity (Wildman–Crippen MR) is 91.4 cm³/mol. The van der Waals surface area contributed by atoms with Gasteiger partial charge in [-0.3, -0.25) is 4.79 Å². The standard InChI is InChI=1S/C17H20FN3O4S/c1-12-14(13(2)25-19-12)11-17(22)20-7-9-21(10-8-20)26(23,24)16-6-4-3-5-15(16)18/h3-6H,7-11H2,1-2H3. The first kappa shape index (κ1) is 18.5. The fourth-order valence-electron chi connectivity index (χ4n) is 2.99. The molecule has 0 spiro atoms. The molecule has 1 amide bonds. The normalized spacial score (nSPS) is 16.0. The van der Waals surface area contributed by atoms with Gasteiger partial charge in [-0.05, 0) is 26.0 Å². The first-order chi connectivity index (χ1) is 12.3. The lowest BCUT2D eigenvalue weighted by Gasteiger charge is -2.34. The van der Waals surface area contributed by atoms with Crippen molar-refractivity contribution in [1.29, 1.82) is 0 Å². The zero-order valence-electron chi connectivity index (χ0n) is 14.6. The van der Waals surface area contributed by atoms with Crippen molar-refractivity contribution in [2.75, 3.05) is 26.2 Å². The van der Waals surface area contributed by atoms with E-state index in [0.717, 1.165) is 11.6 Å². The zero-order chi connectivity index (χ0) is 18.9. The average molecular weight is 381 g/mol. The maximum Gasteiger partial charge on any atom is 0.246 e. The largest absolute Gasteiger partial charge is 0.361 e. The molecule has 1 fully saturated rings. The second kappa shape index (κ2) is 7.16. The number of aryl methyl sites for hydroxylation is 2. The second-order valence-corrected chi connectivity index (χ2v) is 8.10. The van der Waals surface area contributed by atoms with E-state index in [1.807, 2.05) is 0 Å². The molecule has 9 heteroatoms. The molecule has 0 radical (unpaired) electrons. The van der Waals surface area contributed by atoms with Crippen molar-refractivity contribution in [3.63, 3.8) is 0 Å². The van der Waals surface area contributed by atoms with Crippen LogP contribution in [0.1, 0.15) is 17.0 Å². The van der Waals surface area contributed by atoms with Crippen LogP contribution in [0.15, 0.2) is 33.7 Å². The number of piperazine rings is 1. The fraction of sp³-hybridized carbons (Fsp3) is 0.412. The number of hydrogen-bond acceptors (Lipinski definition) is 5. The quantitative estimate of drug-likeness (QED) is 0.802. The van der Waals surface area contributed by atoms with Gasteiger partial charge < -0.3 is 9.42 Å². The molecule has 0 N–H and O–H groups in total. The summed E-state index contributed by atoms with van der Waals surface area (Å²) >= 11 is 0. The summed E-state index contributed by atoms with van der Waals surface area (Å²) < 4.78 is 45.3. The number of hydrogen-bond donors (Lipinski definition) is 0. The minimum Gasteiger partial charge on any atom is -0.361 e. The Balaban J connectivity index is 1.66. The molecule has 0 aliphatic carbocycles. The van der Waals surface area contributed by atoms with Crippen molar-refractivity contribution < 1.29 is 22.1 Å². The number of amides is 1. The first-order valence-electron chi connectivity index (χ1n) is 8.25. The number of nitrogens with zero attached hydrogens (tertiary/aromatic N) is 3. The number of carbonyl (C=O) groups is 1. The van der Waals surface area contributed by atoms with E-state index < -0.39 is 15.8 Å². The van der Waals surface area contributed by atoms with E-state index in [4.69, 9.17) is 4.52 Å². The van der Waals surface area contributed by atoms with Crippen LogP contribution in [0.25, 0.3) is 0 Å². The molecule has 1 aliphatic rings. The Morgan fingerprint density at radius 2 is 1.85 bits per heavy atom. The van der Waals surface area contributed by atoms with Crippen LogP contribution in [0.2, 0.25) is 0 Å². The van der Waals surface area contributed by atoms with E-state index in [-0.39, 0.29) is 43.4 Å². The molecule has 0 saturated carbocycles. The van der Waals surface area contributed by atoms with Gasteiger partial charge in [0.05, 0.1) is 12.1 Å². The van der Waals surface area contributed by atoms with Crippen molar-refractivity contribution in [3.05, 3.63) is 47.1 Å². The molecule has 26 heavy (non-hydrogen) atoms. The van der Waals surface area contributed by atoms with Gasteiger partial charge >= 0.3 is 0 Å². The van der Waals surface area contributed by atoms with Crippen molar-refractivity contribution in [2.45, 2.75) is 25.2 Å². The van der Waals surface area contributed by atoms with E-state index in [1.54, 1.807) is 18.7 Å². The van der Waals surface area contributed by atoms with Gasteiger partial charge in [0.25, 0.3) is 0 Å². The minimum atomic E-state index is -3.91. The molecule has 2 aromatic rings. The van der Waals surface area contributed by atoms with E-state index in [1.165, 1.54) is 22.5 Å². The molecule has 0 unspecified atom stereocenters. The molecular weight excluding hydrogens is 361 g/mol. The molecule has 1 aromatic carbocycles. The van der Waals surface area contributed by atoms with Gasteiger partial charge in [-0.2, -0.15) is 4.31 Å². The average Bonchev–Trinajstić information content (AvgIpc) is 2.94. The summed E-state index contributed by atoms with van der Waals surface area (Å²) in [6.45, 7) is 4.30. The van der Waals surface area contributed by atoms with E-state index >= 15 is 0 Å². The molecule has 140 valence electrons. The maximum absolute atomic E-state index is 13.8. The Kier molecular flexibility index (Phi) is 5.10. The Bertz CT molecular complexity index is 898. The van der Waals surface area contributed by atoms with Crippen molar-refractivity contribution in [3.8, 4) is 0 Å². The fourth-order valence-corrected chi connectivity index (χ4v) is 4.48. The Hall–Kier alpha value is -2.26. The van der Waals surface area contributed by atoms with Crippen LogP contribution in [0, 0.1) is 19.7 Å². The van der Waals surface area contributed by atoms with Gasteiger partial charge in [-0.15, -0.1) is 0 Å². The van der Waals surface area contributed by atoms with E-state index in [9.17, 15) is 17.6 Å². The summed E-state index contributed by atoms with van der Waals surface area (Å²) in [6, 6.07) is 5.30. The predicted octanol–water partition coefficient (Wildman–Crippen LogP) is 1.51. The molecule has 2 heterocycles. The van der Waals surface area contributed by atoms with Gasteiger partial charge in [0.15, 0.2) is 0 Å². The smallest absolute Gasteiger partial charge is 0.246 e. The van der Waals surface area contributed by atoms with Crippen LogP contribution in [0.5, 0.6) is 0 Å². The number of benzene rings is 1. The third-order valence-corrected chi connectivity index (χ3v) is 6.49. The number of halogens is 1. The van der Waals surface area contributed by atoms with Gasteiger partial charge in [0.2, 0.25) is 15.9 Å². The lowest BCUT2D eigenvalue weighted by Crippen LogP contribution is -2.51. The zero-order valence-corrected chi connectivity index (χ0v) is 15.4. The second-order valence-electron chi connectivity index (χ2n) is 6.19. The van der Waals surface area contributed by atoms with Crippen molar-refractivity contribution in [1.82, 2.24) is 14.4 Å². The Morgan fingerprint density at radius 3 is 2.42 bits per heavy atom. The molecule has 0 bridgehead atoms. The molecule has 3 rings (SSSR count).